The fraction of sp³-hybridized carbons (Fsp3) is 0.182. The van der Waals surface area contributed by atoms with Crippen molar-refractivity contribution >= 4 is 5.97 Å². The summed E-state index contributed by atoms with van der Waals surface area (Å²) in [4.78, 5) is 10.2. The lowest BCUT2D eigenvalue weighted by Gasteiger charge is -1.94. The van der Waals surface area contributed by atoms with Crippen molar-refractivity contribution in [3.8, 4) is 23.3 Å². The zero-order valence-electron chi connectivity index (χ0n) is 7.82. The normalized spacial score (nSPS) is 11.7. The lowest BCUT2D eigenvalue weighted by Crippen LogP contribution is -1.92. The molecule has 0 aromatic heterocycles. The van der Waals surface area contributed by atoms with Crippen LogP contribution in [-0.2, 0) is 4.79 Å². The smallest absolute Gasteiger partial charge is 0.315 e. The van der Waals surface area contributed by atoms with Gasteiger partial charge in [0, 0.05) is 5.56 Å². The molecule has 1 aromatic carbocycles. The number of carboxylic acids is 1. The van der Waals surface area contributed by atoms with E-state index in [2.05, 4.69) is 11.8 Å². The summed E-state index contributed by atoms with van der Waals surface area (Å²) < 4.78 is 10.3. The molecule has 0 unspecified atom stereocenters. The predicted molar refractivity (Wildman–Crippen MR) is 51.7 cm³/mol. The largest absolute Gasteiger partial charge is 0.481 e. The van der Waals surface area contributed by atoms with Gasteiger partial charge in [0.15, 0.2) is 11.5 Å². The molecule has 0 bridgehead atoms. The summed E-state index contributed by atoms with van der Waals surface area (Å²) in [7, 11) is 0. The second-order valence-electron chi connectivity index (χ2n) is 2.94. The lowest BCUT2D eigenvalue weighted by atomic mass is 10.2. The SMILES string of the molecule is O=C(O)CC#Cc1ccc2c(c1)OCO2. The van der Waals surface area contributed by atoms with Gasteiger partial charge in [0.2, 0.25) is 6.79 Å². The first-order valence-electron chi connectivity index (χ1n) is 4.36. The van der Waals surface area contributed by atoms with Crippen molar-refractivity contribution in [2.24, 2.45) is 0 Å². The summed E-state index contributed by atoms with van der Waals surface area (Å²) in [6.45, 7) is 0.224. The van der Waals surface area contributed by atoms with Crippen LogP contribution in [0, 0.1) is 11.8 Å². The van der Waals surface area contributed by atoms with Crippen LogP contribution in [0.4, 0.5) is 0 Å². The van der Waals surface area contributed by atoms with Crippen LogP contribution in [0.25, 0.3) is 0 Å². The number of carboxylic acid groups (broad SMARTS) is 1. The quantitative estimate of drug-likeness (QED) is 0.699. The summed E-state index contributed by atoms with van der Waals surface area (Å²) >= 11 is 0. The van der Waals surface area contributed by atoms with Gasteiger partial charge in [-0.25, -0.2) is 0 Å². The Kier molecular flexibility index (Phi) is 2.46. The Labute approximate surface area is 86.4 Å². The van der Waals surface area contributed by atoms with Gasteiger partial charge in [0.1, 0.15) is 6.42 Å². The lowest BCUT2D eigenvalue weighted by molar-refractivity contribution is -0.135. The highest BCUT2D eigenvalue weighted by atomic mass is 16.7. The highest BCUT2D eigenvalue weighted by Crippen LogP contribution is 2.32. The van der Waals surface area contributed by atoms with Gasteiger partial charge in [0.25, 0.3) is 0 Å². The predicted octanol–water partition coefficient (Wildman–Crippen LogP) is 1.24. The summed E-state index contributed by atoms with van der Waals surface area (Å²) in [5.74, 6) is 5.70. The molecule has 4 nitrogen and oxygen atoms in total. The minimum atomic E-state index is -0.928. The van der Waals surface area contributed by atoms with Crippen LogP contribution in [0.15, 0.2) is 18.2 Å². The minimum absolute atomic E-state index is 0.158. The summed E-state index contributed by atoms with van der Waals surface area (Å²) in [5, 5.41) is 8.40. The molecule has 0 radical (unpaired) electrons. The van der Waals surface area contributed by atoms with Crippen molar-refractivity contribution in [1.82, 2.24) is 0 Å². The summed E-state index contributed by atoms with van der Waals surface area (Å²) in [6, 6.07) is 5.26. The van der Waals surface area contributed by atoms with Crippen LogP contribution < -0.4 is 9.47 Å². The van der Waals surface area contributed by atoms with Gasteiger partial charge in [0.05, 0.1) is 0 Å². The minimum Gasteiger partial charge on any atom is -0.481 e. The molecule has 4 heteroatoms. The number of fused-ring (bicyclic) bond motifs is 1. The van der Waals surface area contributed by atoms with E-state index in [-0.39, 0.29) is 13.2 Å². The van der Waals surface area contributed by atoms with Crippen LogP contribution in [0.2, 0.25) is 0 Å². The number of aliphatic carboxylic acids is 1. The molecule has 1 heterocycles. The van der Waals surface area contributed by atoms with Gasteiger partial charge in [-0.15, -0.1) is 0 Å². The first-order valence-corrected chi connectivity index (χ1v) is 4.36. The highest BCUT2D eigenvalue weighted by molar-refractivity contribution is 5.70. The van der Waals surface area contributed by atoms with Gasteiger partial charge in [-0.2, -0.15) is 0 Å². The van der Waals surface area contributed by atoms with Crippen molar-refractivity contribution < 1.29 is 19.4 Å². The van der Waals surface area contributed by atoms with Gasteiger partial charge < -0.3 is 14.6 Å². The fourth-order valence-corrected chi connectivity index (χ4v) is 1.20. The standard InChI is InChI=1S/C11H8O4/c12-11(13)3-1-2-8-4-5-9-10(6-8)15-7-14-9/h4-6H,3,7H2,(H,12,13). The maximum Gasteiger partial charge on any atom is 0.315 e. The third-order valence-electron chi connectivity index (χ3n) is 1.84. The Hall–Kier alpha value is -2.15. The van der Waals surface area contributed by atoms with Gasteiger partial charge in [-0.05, 0) is 18.2 Å². The first kappa shape index (κ1) is 9.41. The second kappa shape index (κ2) is 3.93. The molecule has 2 rings (SSSR count). The van der Waals surface area contributed by atoms with Crippen LogP contribution in [0.5, 0.6) is 11.5 Å². The molecule has 76 valence electrons. The van der Waals surface area contributed by atoms with E-state index >= 15 is 0 Å². The van der Waals surface area contributed by atoms with E-state index in [4.69, 9.17) is 14.6 Å². The van der Waals surface area contributed by atoms with E-state index in [9.17, 15) is 4.79 Å². The number of hydrogen-bond donors (Lipinski definition) is 1. The molecule has 0 aliphatic carbocycles. The Morgan fingerprint density at radius 3 is 3.00 bits per heavy atom. The van der Waals surface area contributed by atoms with E-state index < -0.39 is 5.97 Å². The molecule has 1 aromatic rings. The van der Waals surface area contributed by atoms with Gasteiger partial charge in [-0.1, -0.05) is 11.8 Å². The molecule has 0 fully saturated rings. The molecule has 15 heavy (non-hydrogen) atoms. The number of rotatable bonds is 1. The van der Waals surface area contributed by atoms with Crippen molar-refractivity contribution in [3.05, 3.63) is 23.8 Å². The van der Waals surface area contributed by atoms with Crippen molar-refractivity contribution in [1.29, 1.82) is 0 Å². The number of ether oxygens (including phenoxy) is 2. The molecule has 0 spiro atoms. The van der Waals surface area contributed by atoms with Crippen molar-refractivity contribution in [2.45, 2.75) is 6.42 Å². The molecular weight excluding hydrogens is 196 g/mol. The first-order chi connectivity index (χ1) is 7.25. The van der Waals surface area contributed by atoms with E-state index in [0.29, 0.717) is 11.5 Å². The molecule has 0 saturated heterocycles. The zero-order valence-corrected chi connectivity index (χ0v) is 7.82. The molecule has 1 aliphatic heterocycles. The molecule has 0 saturated carbocycles. The Bertz CT molecular complexity index is 453. The maximum absolute atomic E-state index is 10.2. The van der Waals surface area contributed by atoms with E-state index in [1.54, 1.807) is 18.2 Å². The van der Waals surface area contributed by atoms with Gasteiger partial charge in [-0.3, -0.25) is 4.79 Å². The van der Waals surface area contributed by atoms with Crippen molar-refractivity contribution in [2.75, 3.05) is 6.79 Å². The highest BCUT2D eigenvalue weighted by Gasteiger charge is 2.12. The van der Waals surface area contributed by atoms with Crippen molar-refractivity contribution in [3.63, 3.8) is 0 Å². The van der Waals surface area contributed by atoms with Crippen LogP contribution >= 0.6 is 0 Å². The maximum atomic E-state index is 10.2. The third kappa shape index (κ3) is 2.20. The van der Waals surface area contributed by atoms with Crippen LogP contribution in [0.1, 0.15) is 12.0 Å². The average molecular weight is 204 g/mol. The van der Waals surface area contributed by atoms with E-state index in [0.717, 1.165) is 5.56 Å². The molecule has 0 atom stereocenters. The number of carbonyl (C=O) groups is 1. The van der Waals surface area contributed by atoms with E-state index in [1.807, 2.05) is 0 Å². The molecular formula is C11H8O4. The monoisotopic (exact) mass is 204 g/mol. The Morgan fingerprint density at radius 2 is 2.20 bits per heavy atom. The second-order valence-corrected chi connectivity index (χ2v) is 2.94. The van der Waals surface area contributed by atoms with E-state index in [1.165, 1.54) is 0 Å². The number of hydrogen-bond acceptors (Lipinski definition) is 3. The summed E-state index contributed by atoms with van der Waals surface area (Å²) in [6.07, 6.45) is -0.158. The van der Waals surface area contributed by atoms with Crippen LogP contribution in [0.3, 0.4) is 0 Å². The topological polar surface area (TPSA) is 55.8 Å². The average Bonchev–Trinajstić information content (AvgIpc) is 2.64. The molecule has 1 N–H and O–H groups in total. The number of benzene rings is 1. The third-order valence-corrected chi connectivity index (χ3v) is 1.84. The summed E-state index contributed by atoms with van der Waals surface area (Å²) in [5.41, 5.74) is 0.723. The fourth-order valence-electron chi connectivity index (χ4n) is 1.20. The zero-order chi connectivity index (χ0) is 10.7. The Morgan fingerprint density at radius 1 is 1.40 bits per heavy atom. The van der Waals surface area contributed by atoms with Gasteiger partial charge >= 0.3 is 5.97 Å². The van der Waals surface area contributed by atoms with Crippen LogP contribution in [-0.4, -0.2) is 17.9 Å². The molecule has 0 amide bonds. The molecule has 1 aliphatic rings. The Balaban J connectivity index is 2.15.